The summed E-state index contributed by atoms with van der Waals surface area (Å²) >= 11 is 5.98. The molecule has 3 aliphatic rings. The van der Waals surface area contributed by atoms with Crippen LogP contribution >= 0.6 is 11.6 Å². The van der Waals surface area contributed by atoms with Gasteiger partial charge in [-0.15, -0.1) is 0 Å². The normalized spacial score (nSPS) is 26.7. The molecule has 0 spiro atoms. The average molecular weight is 668 g/mol. The number of nitrogens with one attached hydrogen (secondary N) is 1. The lowest BCUT2D eigenvalue weighted by molar-refractivity contribution is -0.249. The van der Waals surface area contributed by atoms with Crippen molar-refractivity contribution < 1.29 is 49.0 Å². The van der Waals surface area contributed by atoms with Crippen LogP contribution in [0.1, 0.15) is 75.8 Å². The Morgan fingerprint density at radius 1 is 1.09 bits per heavy atom. The van der Waals surface area contributed by atoms with Crippen LogP contribution in [0.25, 0.3) is 0 Å². The van der Waals surface area contributed by atoms with Gasteiger partial charge in [-0.25, -0.2) is 16.4 Å². The third-order valence-corrected chi connectivity index (χ3v) is 9.42. The second-order valence-electron chi connectivity index (χ2n) is 12.1. The Hall–Kier alpha value is -4.08. The van der Waals surface area contributed by atoms with Crippen LogP contribution in [0.15, 0.2) is 42.5 Å². The van der Waals surface area contributed by atoms with E-state index in [0.29, 0.717) is 10.7 Å². The molecule has 4 unspecified atom stereocenters. The summed E-state index contributed by atoms with van der Waals surface area (Å²) in [5, 5.41) is 47.3. The first-order chi connectivity index (χ1) is 22.2. The summed E-state index contributed by atoms with van der Waals surface area (Å²) in [4.78, 5) is 40.3. The van der Waals surface area contributed by atoms with E-state index in [-0.39, 0.29) is 40.8 Å². The summed E-state index contributed by atoms with van der Waals surface area (Å²) in [5.74, 6) is 2.91. The highest BCUT2D eigenvalue weighted by Crippen LogP contribution is 2.52. The highest BCUT2D eigenvalue weighted by Gasteiger charge is 2.49. The van der Waals surface area contributed by atoms with Gasteiger partial charge in [-0.3, -0.25) is 14.4 Å². The summed E-state index contributed by atoms with van der Waals surface area (Å²) in [6.07, 6.45) is -5.03. The number of hydrogen-bond acceptors (Lipinski definition) is 13. The van der Waals surface area contributed by atoms with Crippen LogP contribution in [-0.2, 0) is 20.7 Å². The number of aromatic hydroxyl groups is 2. The van der Waals surface area contributed by atoms with Crippen LogP contribution in [-0.4, -0.2) is 75.0 Å². The van der Waals surface area contributed by atoms with Gasteiger partial charge in [0.1, 0.15) is 22.8 Å². The number of carbonyl (C=O) groups excluding carboxylic acids is 3. The number of rotatable bonds is 7. The fourth-order valence-corrected chi connectivity index (χ4v) is 6.73. The second kappa shape index (κ2) is 12.2. The van der Waals surface area contributed by atoms with E-state index in [1.54, 1.807) is 31.2 Å². The van der Waals surface area contributed by atoms with Gasteiger partial charge in [-0.1, -0.05) is 23.7 Å². The molecule has 1 fully saturated rings. The van der Waals surface area contributed by atoms with Crippen LogP contribution in [0.4, 0.5) is 5.69 Å². The van der Waals surface area contributed by atoms with Crippen LogP contribution < -0.4 is 21.1 Å². The van der Waals surface area contributed by atoms with Gasteiger partial charge in [0.15, 0.2) is 17.9 Å². The van der Waals surface area contributed by atoms with Crippen molar-refractivity contribution in [3.8, 4) is 17.2 Å². The van der Waals surface area contributed by atoms with Crippen molar-refractivity contribution in [2.45, 2.75) is 69.4 Å². The van der Waals surface area contributed by atoms with Crippen molar-refractivity contribution in [1.82, 2.24) is 5.43 Å². The number of carbonyl (C=O) groups is 3. The number of nitrogens with zero attached hydrogens (tertiary/aromatic N) is 1. The molecule has 3 aromatic carbocycles. The molecule has 1 saturated heterocycles. The van der Waals surface area contributed by atoms with Crippen LogP contribution in [0.5, 0.6) is 17.2 Å². The Labute approximate surface area is 274 Å². The number of phenolic OH excluding ortho intramolecular Hbond substituents is 2. The predicted molar refractivity (Wildman–Crippen MR) is 167 cm³/mol. The van der Waals surface area contributed by atoms with Crippen molar-refractivity contribution in [2.75, 3.05) is 12.2 Å². The molecular formula is C33H34ClN3O10. The number of halogens is 1. The van der Waals surface area contributed by atoms with Crippen molar-refractivity contribution in [3.63, 3.8) is 0 Å². The van der Waals surface area contributed by atoms with Gasteiger partial charge in [-0.05, 0) is 44.2 Å². The van der Waals surface area contributed by atoms with Crippen molar-refractivity contribution in [3.05, 3.63) is 80.9 Å². The minimum Gasteiger partial charge on any atom is -0.507 e. The highest BCUT2D eigenvalue weighted by molar-refractivity contribution is 6.31. The Balaban J connectivity index is 1.38. The molecular weight excluding hydrogens is 634 g/mol. The van der Waals surface area contributed by atoms with E-state index in [4.69, 9.17) is 31.7 Å². The Morgan fingerprint density at radius 3 is 2.43 bits per heavy atom. The maximum Gasteiger partial charge on any atom is 0.202 e. The number of ketones is 3. The van der Waals surface area contributed by atoms with Crippen molar-refractivity contribution >= 4 is 34.6 Å². The number of methoxy groups -OCH3 is 1. The first kappa shape index (κ1) is 32.8. The zero-order valence-electron chi connectivity index (χ0n) is 25.7. The van der Waals surface area contributed by atoms with E-state index in [9.17, 15) is 34.8 Å². The maximum absolute atomic E-state index is 13.9. The summed E-state index contributed by atoms with van der Waals surface area (Å²) in [6.45, 7) is 2.80. The number of aliphatic hydroxyl groups is 2. The molecule has 2 aliphatic carbocycles. The molecule has 13 nitrogen and oxygen atoms in total. The molecule has 0 radical (unpaired) electrons. The zero-order valence-corrected chi connectivity index (χ0v) is 26.4. The number of anilines is 1. The number of nitrogens with two attached hydrogens (primary N) is 1. The number of fused-ring (bicyclic) bond motifs is 3. The van der Waals surface area contributed by atoms with Gasteiger partial charge < -0.3 is 34.6 Å². The van der Waals surface area contributed by atoms with Gasteiger partial charge in [0, 0.05) is 41.0 Å². The summed E-state index contributed by atoms with van der Waals surface area (Å²) in [5.41, 5.74) is 0.333. The molecule has 14 heteroatoms. The molecule has 6 rings (SSSR count). The third-order valence-electron chi connectivity index (χ3n) is 9.16. The summed E-state index contributed by atoms with van der Waals surface area (Å²) in [6, 6.07) is 10.4. The van der Waals surface area contributed by atoms with Crippen LogP contribution in [0, 0.1) is 0 Å². The number of ether oxygens (including phenoxy) is 3. The standard InChI is InChI=1S/C33H34ClN3O10/c1-14-28(39)20(36-37(35)17-9-7-16(34)8-10-17)11-23(46-14)47-22-13-33(44,15(2)38)12-19-25(22)32(43)27-26(30(19)41)29(40)18-5-4-6-21(45-3)24(18)31(27)42/h4-10,14,20,22-23,28,36,39,41,43-44H,11-13,35H2,1-3H3/t14?,20?,22-,23?,28?,33-/m0/s1. The summed E-state index contributed by atoms with van der Waals surface area (Å²) in [7, 11) is 1.34. The first-order valence-electron chi connectivity index (χ1n) is 14.9. The van der Waals surface area contributed by atoms with Gasteiger partial charge in [0.2, 0.25) is 5.78 Å². The lowest BCUT2D eigenvalue weighted by atomic mass is 9.72. The topological polar surface area (TPSA) is 201 Å². The van der Waals surface area contributed by atoms with Gasteiger partial charge in [0.25, 0.3) is 0 Å². The second-order valence-corrected chi connectivity index (χ2v) is 12.5. The molecule has 3 aromatic rings. The quantitative estimate of drug-likeness (QED) is 0.0955. The molecule has 1 heterocycles. The fourth-order valence-electron chi connectivity index (χ4n) is 6.61. The van der Waals surface area contributed by atoms with E-state index in [1.807, 2.05) is 0 Å². The molecule has 0 saturated carbocycles. The van der Waals surface area contributed by atoms with E-state index in [1.165, 1.54) is 37.4 Å². The lowest BCUT2D eigenvalue weighted by Gasteiger charge is -2.43. The molecule has 0 amide bonds. The number of benzene rings is 3. The maximum atomic E-state index is 13.9. The average Bonchev–Trinajstić information content (AvgIpc) is 3.03. The number of hydrazine groups is 2. The smallest absolute Gasteiger partial charge is 0.202 e. The van der Waals surface area contributed by atoms with E-state index in [0.717, 1.165) is 0 Å². The first-order valence-corrected chi connectivity index (χ1v) is 15.3. The van der Waals surface area contributed by atoms with Crippen molar-refractivity contribution in [2.24, 2.45) is 5.84 Å². The Morgan fingerprint density at radius 2 is 1.77 bits per heavy atom. The minimum atomic E-state index is -2.06. The zero-order chi connectivity index (χ0) is 33.9. The Kier molecular flexibility index (Phi) is 8.51. The monoisotopic (exact) mass is 667 g/mol. The molecule has 248 valence electrons. The fraction of sp³-hybridized carbons (Fsp3) is 0.364. The van der Waals surface area contributed by atoms with Crippen molar-refractivity contribution in [1.29, 1.82) is 0 Å². The predicted octanol–water partition coefficient (Wildman–Crippen LogP) is 2.61. The lowest BCUT2D eigenvalue weighted by Crippen LogP contribution is -2.60. The molecule has 7 N–H and O–H groups in total. The Bertz CT molecular complexity index is 1780. The van der Waals surface area contributed by atoms with Gasteiger partial charge >= 0.3 is 0 Å². The van der Waals surface area contributed by atoms with E-state index < -0.39 is 82.6 Å². The van der Waals surface area contributed by atoms with Gasteiger partial charge in [-0.2, -0.15) is 0 Å². The molecule has 6 atom stereocenters. The number of Topliss-reactive ketones (excluding diaryl/α,β-unsaturated/α-hetero) is 1. The van der Waals surface area contributed by atoms with E-state index in [2.05, 4.69) is 5.43 Å². The van der Waals surface area contributed by atoms with E-state index >= 15 is 0 Å². The number of phenols is 2. The highest BCUT2D eigenvalue weighted by atomic mass is 35.5. The molecule has 47 heavy (non-hydrogen) atoms. The van der Waals surface area contributed by atoms with Crippen LogP contribution in [0.2, 0.25) is 5.02 Å². The third kappa shape index (κ3) is 5.53. The summed E-state index contributed by atoms with van der Waals surface area (Å²) < 4.78 is 17.6. The number of aliphatic hydroxyl groups excluding tert-OH is 1. The molecule has 0 aromatic heterocycles. The minimum absolute atomic E-state index is 0.0107. The number of hydrogen-bond donors (Lipinski definition) is 6. The molecule has 0 bridgehead atoms. The SMILES string of the molecule is COc1cccc2c1C(=O)c1c(O)c3c(c(O)c1C2=O)C[C@@](O)(C(C)=O)C[C@@H]3OC1CC(NN(N)c2ccc(Cl)cc2)C(O)C(C)O1. The van der Waals surface area contributed by atoms with Gasteiger partial charge in [0.05, 0.1) is 53.8 Å². The largest absolute Gasteiger partial charge is 0.507 e. The molecule has 1 aliphatic heterocycles. The van der Waals surface area contributed by atoms with Crippen LogP contribution in [0.3, 0.4) is 0 Å².